The van der Waals surface area contributed by atoms with Crippen molar-refractivity contribution >= 4 is 43.5 Å². The van der Waals surface area contributed by atoms with Crippen LogP contribution in [0.5, 0.6) is 0 Å². The fourth-order valence-corrected chi connectivity index (χ4v) is 2.15. The molecule has 5 heteroatoms. The molecule has 0 unspecified atom stereocenters. The molecule has 1 aromatic carbocycles. The maximum absolute atomic E-state index is 12.0. The van der Waals surface area contributed by atoms with Crippen LogP contribution in [0, 0.1) is 6.92 Å². The molecular weight excluding hydrogens is 360 g/mol. The summed E-state index contributed by atoms with van der Waals surface area (Å²) in [6.45, 7) is 1.97. The van der Waals surface area contributed by atoms with Crippen LogP contribution in [-0.2, 0) is 0 Å². The topological polar surface area (TPSA) is 42.0 Å². The molecule has 0 aliphatic rings. The Hall–Kier alpha value is -1.20. The van der Waals surface area contributed by atoms with Crippen molar-refractivity contribution in [3.05, 3.63) is 56.7 Å². The predicted octanol–water partition coefficient (Wildman–Crippen LogP) is 4.17. The fraction of sp³-hybridized carbons (Fsp3) is 0.0769. The first-order valence-electron chi connectivity index (χ1n) is 5.26. The van der Waals surface area contributed by atoms with Crippen molar-refractivity contribution in [3.8, 4) is 0 Å². The van der Waals surface area contributed by atoms with Crippen molar-refractivity contribution in [1.82, 2.24) is 4.98 Å². The first-order chi connectivity index (χ1) is 8.58. The predicted molar refractivity (Wildman–Crippen MR) is 78.8 cm³/mol. The SMILES string of the molecule is Cc1cc(NC(=O)c2cccnc2Br)ccc1Br. The number of pyridine rings is 1. The molecule has 1 N–H and O–H groups in total. The number of nitrogens with one attached hydrogen (secondary N) is 1. The molecule has 0 spiro atoms. The molecule has 0 saturated heterocycles. The van der Waals surface area contributed by atoms with Gasteiger partial charge in [-0.3, -0.25) is 4.79 Å². The second kappa shape index (κ2) is 5.63. The Morgan fingerprint density at radius 3 is 2.72 bits per heavy atom. The van der Waals surface area contributed by atoms with Gasteiger partial charge in [-0.2, -0.15) is 0 Å². The molecule has 1 amide bonds. The first-order valence-corrected chi connectivity index (χ1v) is 6.84. The summed E-state index contributed by atoms with van der Waals surface area (Å²) in [5.41, 5.74) is 2.34. The van der Waals surface area contributed by atoms with E-state index < -0.39 is 0 Å². The van der Waals surface area contributed by atoms with Crippen molar-refractivity contribution in [3.63, 3.8) is 0 Å². The van der Waals surface area contributed by atoms with Crippen LogP contribution in [0.1, 0.15) is 15.9 Å². The van der Waals surface area contributed by atoms with Crippen molar-refractivity contribution in [2.75, 3.05) is 5.32 Å². The number of hydrogen-bond acceptors (Lipinski definition) is 2. The number of rotatable bonds is 2. The standard InChI is InChI=1S/C13H10Br2N2O/c1-8-7-9(4-5-11(8)14)17-13(18)10-3-2-6-16-12(10)15/h2-7H,1H3,(H,17,18). The highest BCUT2D eigenvalue weighted by Crippen LogP contribution is 2.21. The minimum Gasteiger partial charge on any atom is -0.322 e. The van der Waals surface area contributed by atoms with E-state index in [1.54, 1.807) is 18.3 Å². The van der Waals surface area contributed by atoms with E-state index in [2.05, 4.69) is 42.2 Å². The quantitative estimate of drug-likeness (QED) is 0.807. The third-order valence-corrected chi connectivity index (χ3v) is 3.94. The molecular formula is C13H10Br2N2O. The molecule has 0 aliphatic heterocycles. The van der Waals surface area contributed by atoms with E-state index in [1.807, 2.05) is 25.1 Å². The maximum atomic E-state index is 12.0. The maximum Gasteiger partial charge on any atom is 0.258 e. The van der Waals surface area contributed by atoms with Crippen molar-refractivity contribution in [2.24, 2.45) is 0 Å². The van der Waals surface area contributed by atoms with Gasteiger partial charge in [0, 0.05) is 16.4 Å². The lowest BCUT2D eigenvalue weighted by Crippen LogP contribution is -2.13. The molecule has 0 saturated carbocycles. The van der Waals surface area contributed by atoms with Gasteiger partial charge in [0.25, 0.3) is 5.91 Å². The average Bonchev–Trinajstić information content (AvgIpc) is 2.34. The summed E-state index contributed by atoms with van der Waals surface area (Å²) in [7, 11) is 0. The number of anilines is 1. The van der Waals surface area contributed by atoms with E-state index in [0.29, 0.717) is 10.2 Å². The molecule has 0 atom stereocenters. The van der Waals surface area contributed by atoms with Gasteiger partial charge >= 0.3 is 0 Å². The Balaban J connectivity index is 2.22. The van der Waals surface area contributed by atoms with Crippen LogP contribution in [-0.4, -0.2) is 10.9 Å². The van der Waals surface area contributed by atoms with E-state index in [4.69, 9.17) is 0 Å². The lowest BCUT2D eigenvalue weighted by atomic mass is 10.2. The summed E-state index contributed by atoms with van der Waals surface area (Å²) in [4.78, 5) is 16.1. The largest absolute Gasteiger partial charge is 0.322 e. The molecule has 92 valence electrons. The highest BCUT2D eigenvalue weighted by Gasteiger charge is 2.10. The van der Waals surface area contributed by atoms with E-state index in [-0.39, 0.29) is 5.91 Å². The van der Waals surface area contributed by atoms with Gasteiger partial charge in [0.05, 0.1) is 5.56 Å². The number of hydrogen-bond donors (Lipinski definition) is 1. The van der Waals surface area contributed by atoms with Crippen molar-refractivity contribution in [2.45, 2.75) is 6.92 Å². The molecule has 2 aromatic rings. The van der Waals surface area contributed by atoms with Crippen LogP contribution < -0.4 is 5.32 Å². The van der Waals surface area contributed by atoms with Crippen LogP contribution in [0.3, 0.4) is 0 Å². The van der Waals surface area contributed by atoms with Crippen LogP contribution in [0.2, 0.25) is 0 Å². The van der Waals surface area contributed by atoms with Crippen LogP contribution >= 0.6 is 31.9 Å². The summed E-state index contributed by atoms with van der Waals surface area (Å²) in [5, 5.41) is 2.84. The third kappa shape index (κ3) is 2.97. The number of halogens is 2. The second-order valence-electron chi connectivity index (χ2n) is 3.76. The van der Waals surface area contributed by atoms with Crippen molar-refractivity contribution in [1.29, 1.82) is 0 Å². The zero-order valence-electron chi connectivity index (χ0n) is 9.58. The second-order valence-corrected chi connectivity index (χ2v) is 5.37. The Labute approximate surface area is 122 Å². The van der Waals surface area contributed by atoms with Crippen LogP contribution in [0.4, 0.5) is 5.69 Å². The minimum atomic E-state index is -0.184. The van der Waals surface area contributed by atoms with Gasteiger partial charge in [-0.25, -0.2) is 4.98 Å². The Bertz CT molecular complexity index is 599. The third-order valence-electron chi connectivity index (χ3n) is 2.42. The molecule has 0 fully saturated rings. The van der Waals surface area contributed by atoms with E-state index >= 15 is 0 Å². The number of carbonyl (C=O) groups is 1. The monoisotopic (exact) mass is 368 g/mol. The normalized spacial score (nSPS) is 10.2. The molecule has 3 nitrogen and oxygen atoms in total. The summed E-state index contributed by atoms with van der Waals surface area (Å²) >= 11 is 6.68. The van der Waals surface area contributed by atoms with Crippen LogP contribution in [0.25, 0.3) is 0 Å². The van der Waals surface area contributed by atoms with E-state index in [9.17, 15) is 4.79 Å². The zero-order valence-corrected chi connectivity index (χ0v) is 12.7. The Morgan fingerprint density at radius 2 is 2.06 bits per heavy atom. The smallest absolute Gasteiger partial charge is 0.258 e. The van der Waals surface area contributed by atoms with Gasteiger partial charge in [-0.05, 0) is 58.7 Å². The average molecular weight is 370 g/mol. The molecule has 0 radical (unpaired) electrons. The Kier molecular flexibility index (Phi) is 4.14. The number of benzene rings is 1. The highest BCUT2D eigenvalue weighted by molar-refractivity contribution is 9.10. The van der Waals surface area contributed by atoms with Gasteiger partial charge in [0.15, 0.2) is 0 Å². The molecule has 1 aromatic heterocycles. The number of nitrogens with zero attached hydrogens (tertiary/aromatic N) is 1. The summed E-state index contributed by atoms with van der Waals surface area (Å²) in [5.74, 6) is -0.184. The van der Waals surface area contributed by atoms with Gasteiger partial charge in [0.2, 0.25) is 0 Å². The van der Waals surface area contributed by atoms with Crippen LogP contribution in [0.15, 0.2) is 45.6 Å². The molecule has 2 rings (SSSR count). The molecule has 0 bridgehead atoms. The number of aromatic nitrogens is 1. The van der Waals surface area contributed by atoms with E-state index in [1.165, 1.54) is 0 Å². The van der Waals surface area contributed by atoms with Crippen molar-refractivity contribution < 1.29 is 4.79 Å². The van der Waals surface area contributed by atoms with Gasteiger partial charge < -0.3 is 5.32 Å². The van der Waals surface area contributed by atoms with Gasteiger partial charge in [0.1, 0.15) is 4.60 Å². The molecule has 1 heterocycles. The summed E-state index contributed by atoms with van der Waals surface area (Å²) in [6.07, 6.45) is 1.63. The Morgan fingerprint density at radius 1 is 1.28 bits per heavy atom. The van der Waals surface area contributed by atoms with Gasteiger partial charge in [-0.15, -0.1) is 0 Å². The summed E-state index contributed by atoms with van der Waals surface area (Å²) < 4.78 is 1.55. The first kappa shape index (κ1) is 13.2. The number of aryl methyl sites for hydroxylation is 1. The van der Waals surface area contributed by atoms with E-state index in [0.717, 1.165) is 15.7 Å². The highest BCUT2D eigenvalue weighted by atomic mass is 79.9. The fourth-order valence-electron chi connectivity index (χ4n) is 1.48. The molecule has 18 heavy (non-hydrogen) atoms. The number of amides is 1. The zero-order chi connectivity index (χ0) is 13.1. The molecule has 0 aliphatic carbocycles. The lowest BCUT2D eigenvalue weighted by Gasteiger charge is -2.07. The number of carbonyl (C=O) groups excluding carboxylic acids is 1. The minimum absolute atomic E-state index is 0.184. The lowest BCUT2D eigenvalue weighted by molar-refractivity contribution is 0.102. The van der Waals surface area contributed by atoms with Gasteiger partial charge in [-0.1, -0.05) is 15.9 Å². The summed E-state index contributed by atoms with van der Waals surface area (Å²) in [6, 6.07) is 9.11.